The number of thiophene rings is 1. The second-order valence-corrected chi connectivity index (χ2v) is 9.40. The van der Waals surface area contributed by atoms with Crippen molar-refractivity contribution in [3.63, 3.8) is 0 Å². The Labute approximate surface area is 192 Å². The number of hydrogen-bond acceptors (Lipinski definition) is 7. The molecule has 1 spiro atoms. The summed E-state index contributed by atoms with van der Waals surface area (Å²) in [6.07, 6.45) is 2.77. The number of rotatable bonds is 3. The summed E-state index contributed by atoms with van der Waals surface area (Å²) in [7, 11) is 0. The number of ether oxygens (including phenoxy) is 1. The maximum Gasteiger partial charge on any atom is 0.349 e. The number of amides is 2. The molecular formula is C23H22N4O5S. The summed E-state index contributed by atoms with van der Waals surface area (Å²) in [6, 6.07) is 7.12. The minimum atomic E-state index is -0.972. The summed E-state index contributed by atoms with van der Waals surface area (Å²) in [5.74, 6) is -0.915. The van der Waals surface area contributed by atoms with Crippen LogP contribution in [0.3, 0.4) is 0 Å². The van der Waals surface area contributed by atoms with Gasteiger partial charge in [0, 0.05) is 0 Å². The van der Waals surface area contributed by atoms with Crippen LogP contribution < -0.4 is 15.8 Å². The number of hydrogen-bond donors (Lipinski definition) is 2. The first-order valence-corrected chi connectivity index (χ1v) is 11.5. The molecule has 33 heavy (non-hydrogen) atoms. The van der Waals surface area contributed by atoms with Crippen molar-refractivity contribution in [1.82, 2.24) is 9.97 Å². The maximum absolute atomic E-state index is 13.4. The van der Waals surface area contributed by atoms with Gasteiger partial charge in [-0.2, -0.15) is 0 Å². The summed E-state index contributed by atoms with van der Waals surface area (Å²) in [4.78, 5) is 60.6. The molecule has 3 aromatic rings. The minimum absolute atomic E-state index is 0.209. The van der Waals surface area contributed by atoms with Gasteiger partial charge in [-0.1, -0.05) is 25.0 Å². The van der Waals surface area contributed by atoms with Crippen molar-refractivity contribution in [3.05, 3.63) is 50.9 Å². The molecule has 0 bridgehead atoms. The quantitative estimate of drug-likeness (QED) is 0.572. The Kier molecular flexibility index (Phi) is 5.04. The highest BCUT2D eigenvalue weighted by Crippen LogP contribution is 2.45. The molecule has 0 atom stereocenters. The highest BCUT2D eigenvalue weighted by Gasteiger charge is 2.52. The molecule has 2 aliphatic rings. The van der Waals surface area contributed by atoms with Crippen molar-refractivity contribution in [2.45, 2.75) is 45.1 Å². The fourth-order valence-electron chi connectivity index (χ4n) is 4.83. The number of aromatic amines is 1. The van der Waals surface area contributed by atoms with Crippen molar-refractivity contribution in [2.24, 2.45) is 0 Å². The number of H-pyrrole nitrogens is 1. The van der Waals surface area contributed by atoms with Gasteiger partial charge in [0.05, 0.1) is 16.8 Å². The number of fused-ring (bicyclic) bond motifs is 2. The lowest BCUT2D eigenvalue weighted by Crippen LogP contribution is -2.61. The molecule has 5 rings (SSSR count). The van der Waals surface area contributed by atoms with Gasteiger partial charge >= 0.3 is 5.97 Å². The molecule has 2 N–H and O–H groups in total. The van der Waals surface area contributed by atoms with Crippen molar-refractivity contribution in [1.29, 1.82) is 0 Å². The van der Waals surface area contributed by atoms with Crippen LogP contribution in [0, 0.1) is 13.8 Å². The van der Waals surface area contributed by atoms with Crippen LogP contribution in [0.2, 0.25) is 0 Å². The van der Waals surface area contributed by atoms with E-state index >= 15 is 0 Å². The molecule has 1 fully saturated rings. The molecule has 3 heterocycles. The first-order valence-electron chi connectivity index (χ1n) is 10.7. The maximum atomic E-state index is 13.4. The Morgan fingerprint density at radius 2 is 1.91 bits per heavy atom. The lowest BCUT2D eigenvalue weighted by molar-refractivity contribution is -0.129. The second kappa shape index (κ2) is 7.80. The van der Waals surface area contributed by atoms with E-state index in [9.17, 15) is 19.2 Å². The molecule has 10 heteroatoms. The van der Waals surface area contributed by atoms with Crippen LogP contribution >= 0.6 is 11.3 Å². The van der Waals surface area contributed by atoms with Gasteiger partial charge in [-0.15, -0.1) is 11.3 Å². The van der Waals surface area contributed by atoms with Crippen LogP contribution in [-0.4, -0.2) is 39.9 Å². The van der Waals surface area contributed by atoms with Crippen LogP contribution in [0.4, 0.5) is 11.4 Å². The zero-order chi connectivity index (χ0) is 23.3. The molecule has 1 aromatic carbocycles. The van der Waals surface area contributed by atoms with Crippen LogP contribution in [0.5, 0.6) is 0 Å². The minimum Gasteiger partial charge on any atom is -0.451 e. The fraction of sp³-hybridized carbons (Fsp3) is 0.348. The normalized spacial score (nSPS) is 16.7. The standard InChI is InChI=1S/C23H22N4O5S/c1-12-17-19(29)24-13(2)25-20(17)33-18(12)21(30)32-11-16(28)27-15-8-4-3-7-14(15)26-22(31)23(27)9-5-6-10-23/h3-4,7-8H,5-6,9-11H2,1-2H3,(H,26,31)(H,24,25,29). The highest BCUT2D eigenvalue weighted by atomic mass is 32.1. The van der Waals surface area contributed by atoms with E-state index in [0.29, 0.717) is 45.8 Å². The van der Waals surface area contributed by atoms with E-state index in [0.717, 1.165) is 24.2 Å². The van der Waals surface area contributed by atoms with E-state index < -0.39 is 24.0 Å². The predicted molar refractivity (Wildman–Crippen MR) is 124 cm³/mol. The monoisotopic (exact) mass is 466 g/mol. The summed E-state index contributed by atoms with van der Waals surface area (Å²) < 4.78 is 5.39. The Morgan fingerprint density at radius 1 is 1.18 bits per heavy atom. The number of benzene rings is 1. The van der Waals surface area contributed by atoms with E-state index in [4.69, 9.17) is 4.74 Å². The van der Waals surface area contributed by atoms with E-state index in [1.807, 2.05) is 0 Å². The average Bonchev–Trinajstić information content (AvgIpc) is 3.38. The van der Waals surface area contributed by atoms with E-state index in [-0.39, 0.29) is 16.3 Å². The SMILES string of the molecule is Cc1nc2sc(C(=O)OCC(=O)N3c4ccccc4NC(=O)C34CCCC4)c(C)c2c(=O)[nH]1. The van der Waals surface area contributed by atoms with Gasteiger partial charge in [-0.25, -0.2) is 9.78 Å². The third kappa shape index (κ3) is 3.32. The number of para-hydroxylation sites is 2. The molecule has 2 aromatic heterocycles. The predicted octanol–water partition coefficient (Wildman–Crippen LogP) is 3.06. The average molecular weight is 467 g/mol. The molecular weight excluding hydrogens is 444 g/mol. The van der Waals surface area contributed by atoms with Crippen molar-refractivity contribution < 1.29 is 19.1 Å². The highest BCUT2D eigenvalue weighted by molar-refractivity contribution is 7.20. The van der Waals surface area contributed by atoms with Crippen LogP contribution in [0.1, 0.15) is 46.7 Å². The summed E-state index contributed by atoms with van der Waals surface area (Å²) in [6.45, 7) is 2.80. The molecule has 1 aliphatic carbocycles. The summed E-state index contributed by atoms with van der Waals surface area (Å²) >= 11 is 1.06. The van der Waals surface area contributed by atoms with E-state index in [2.05, 4.69) is 15.3 Å². The molecule has 0 unspecified atom stereocenters. The van der Waals surface area contributed by atoms with Gasteiger partial charge in [0.1, 0.15) is 21.1 Å². The van der Waals surface area contributed by atoms with Crippen LogP contribution in [0.15, 0.2) is 29.1 Å². The number of esters is 1. The third-order valence-electron chi connectivity index (χ3n) is 6.36. The number of anilines is 2. The Bertz CT molecular complexity index is 1370. The number of aromatic nitrogens is 2. The van der Waals surface area contributed by atoms with Crippen molar-refractivity contribution >= 4 is 50.7 Å². The van der Waals surface area contributed by atoms with Crippen LogP contribution in [-0.2, 0) is 14.3 Å². The van der Waals surface area contributed by atoms with Gasteiger partial charge in [0.15, 0.2) is 6.61 Å². The van der Waals surface area contributed by atoms with Crippen molar-refractivity contribution in [2.75, 3.05) is 16.8 Å². The van der Waals surface area contributed by atoms with Gasteiger partial charge in [-0.3, -0.25) is 19.3 Å². The van der Waals surface area contributed by atoms with Crippen LogP contribution in [0.25, 0.3) is 10.2 Å². The number of aryl methyl sites for hydroxylation is 2. The molecule has 0 radical (unpaired) electrons. The third-order valence-corrected chi connectivity index (χ3v) is 7.52. The second-order valence-electron chi connectivity index (χ2n) is 8.40. The topological polar surface area (TPSA) is 121 Å². The first-order chi connectivity index (χ1) is 15.8. The molecule has 1 aliphatic heterocycles. The first kappa shape index (κ1) is 21.3. The lowest BCUT2D eigenvalue weighted by Gasteiger charge is -2.44. The fourth-order valence-corrected chi connectivity index (χ4v) is 5.95. The van der Waals surface area contributed by atoms with E-state index in [1.165, 1.54) is 4.90 Å². The zero-order valence-corrected chi connectivity index (χ0v) is 19.0. The molecule has 2 amide bonds. The largest absolute Gasteiger partial charge is 0.451 e. The number of carbonyl (C=O) groups excluding carboxylic acids is 3. The van der Waals surface area contributed by atoms with E-state index in [1.54, 1.807) is 38.1 Å². The Morgan fingerprint density at radius 3 is 2.67 bits per heavy atom. The molecule has 1 saturated carbocycles. The zero-order valence-electron chi connectivity index (χ0n) is 18.2. The van der Waals surface area contributed by atoms with Gasteiger partial charge < -0.3 is 15.0 Å². The van der Waals surface area contributed by atoms with Gasteiger partial charge in [-0.05, 0) is 44.4 Å². The Balaban J connectivity index is 1.43. The summed E-state index contributed by atoms with van der Waals surface area (Å²) in [5.41, 5.74) is 0.335. The number of nitrogens with one attached hydrogen (secondary N) is 2. The van der Waals surface area contributed by atoms with Crippen molar-refractivity contribution in [3.8, 4) is 0 Å². The molecule has 0 saturated heterocycles. The number of carbonyl (C=O) groups is 3. The lowest BCUT2D eigenvalue weighted by atomic mass is 9.90. The molecule has 170 valence electrons. The van der Waals surface area contributed by atoms with Gasteiger partial charge in [0.25, 0.3) is 17.4 Å². The van der Waals surface area contributed by atoms with Gasteiger partial charge in [0.2, 0.25) is 0 Å². The molecule has 9 nitrogen and oxygen atoms in total. The summed E-state index contributed by atoms with van der Waals surface area (Å²) in [5, 5.41) is 3.26. The smallest absolute Gasteiger partial charge is 0.349 e. The number of nitrogens with zero attached hydrogens (tertiary/aromatic N) is 2. The Hall–Kier alpha value is -3.53.